The zero-order valence-electron chi connectivity index (χ0n) is 17.8. The molecule has 25 heavy (non-hydrogen) atoms. The van der Waals surface area contributed by atoms with Crippen LogP contribution in [0.5, 0.6) is 5.75 Å². The van der Waals surface area contributed by atoms with E-state index in [2.05, 4.69) is 59.7 Å². The Kier molecular flexibility index (Phi) is 9.03. The van der Waals surface area contributed by atoms with Crippen LogP contribution in [-0.4, -0.2) is 5.11 Å². The summed E-state index contributed by atoms with van der Waals surface area (Å²) in [5, 5.41) is 10.6. The van der Waals surface area contributed by atoms with Crippen molar-refractivity contribution in [3.05, 3.63) is 29.3 Å². The Morgan fingerprint density at radius 2 is 1.28 bits per heavy atom. The molecule has 1 aromatic carbocycles. The summed E-state index contributed by atoms with van der Waals surface area (Å²) in [5.41, 5.74) is 3.17. The summed E-state index contributed by atoms with van der Waals surface area (Å²) in [6.07, 6.45) is 12.0. The van der Waals surface area contributed by atoms with E-state index >= 15 is 0 Å². The second-order valence-electron chi connectivity index (χ2n) is 9.77. The number of benzene rings is 1. The molecule has 1 rings (SSSR count). The minimum absolute atomic E-state index is 0.413. The Balaban J connectivity index is 2.38. The average Bonchev–Trinajstić information content (AvgIpc) is 2.53. The van der Waals surface area contributed by atoms with Gasteiger partial charge in [0.15, 0.2) is 0 Å². The summed E-state index contributed by atoms with van der Waals surface area (Å²) in [6.45, 7) is 13.9. The third kappa shape index (κ3) is 9.33. The lowest BCUT2D eigenvalue weighted by molar-refractivity contribution is 0.308. The van der Waals surface area contributed by atoms with Crippen molar-refractivity contribution in [3.63, 3.8) is 0 Å². The molecule has 0 radical (unpaired) electrons. The third-order valence-corrected chi connectivity index (χ3v) is 5.58. The van der Waals surface area contributed by atoms with Gasteiger partial charge in [-0.2, -0.15) is 0 Å². The van der Waals surface area contributed by atoms with Crippen molar-refractivity contribution in [1.82, 2.24) is 0 Å². The average molecular weight is 347 g/mol. The summed E-state index contributed by atoms with van der Waals surface area (Å²) in [4.78, 5) is 0. The molecule has 1 N–H and O–H groups in total. The lowest BCUT2D eigenvalue weighted by atomic mass is 9.84. The lowest BCUT2D eigenvalue weighted by Crippen LogP contribution is -2.08. The topological polar surface area (TPSA) is 20.2 Å². The molecular formula is C24H42O. The molecule has 0 aliphatic rings. The molecule has 0 amide bonds. The van der Waals surface area contributed by atoms with Crippen molar-refractivity contribution in [2.24, 2.45) is 10.8 Å². The first kappa shape index (κ1) is 22.1. The van der Waals surface area contributed by atoms with Gasteiger partial charge in [-0.25, -0.2) is 0 Å². The van der Waals surface area contributed by atoms with E-state index in [-0.39, 0.29) is 0 Å². The Hall–Kier alpha value is -0.980. The van der Waals surface area contributed by atoms with Crippen LogP contribution in [0.4, 0.5) is 0 Å². The summed E-state index contributed by atoms with van der Waals surface area (Å²) >= 11 is 0. The molecule has 144 valence electrons. The first-order valence-corrected chi connectivity index (χ1v) is 10.4. The molecule has 0 bridgehead atoms. The number of aromatic hydroxyl groups is 1. The highest BCUT2D eigenvalue weighted by molar-refractivity contribution is 5.40. The van der Waals surface area contributed by atoms with Crippen LogP contribution in [0.3, 0.4) is 0 Å². The van der Waals surface area contributed by atoms with Gasteiger partial charge in [0, 0.05) is 0 Å². The van der Waals surface area contributed by atoms with E-state index in [1.807, 2.05) is 0 Å². The van der Waals surface area contributed by atoms with Crippen LogP contribution in [0.1, 0.15) is 104 Å². The molecule has 1 nitrogen and oxygen atoms in total. The van der Waals surface area contributed by atoms with Crippen LogP contribution in [0.15, 0.2) is 18.2 Å². The fourth-order valence-electron chi connectivity index (χ4n) is 3.29. The number of para-hydroxylation sites is 1. The third-order valence-electron chi connectivity index (χ3n) is 5.58. The van der Waals surface area contributed by atoms with Gasteiger partial charge < -0.3 is 5.11 Å². The van der Waals surface area contributed by atoms with Crippen molar-refractivity contribution in [2.45, 2.75) is 106 Å². The number of aryl methyl sites for hydroxylation is 2. The van der Waals surface area contributed by atoms with Crippen LogP contribution in [0.25, 0.3) is 0 Å². The highest BCUT2D eigenvalue weighted by atomic mass is 16.3. The Bertz CT molecular complexity index is 493. The maximum absolute atomic E-state index is 10.6. The molecule has 0 aromatic heterocycles. The van der Waals surface area contributed by atoms with Crippen molar-refractivity contribution in [1.29, 1.82) is 0 Å². The molecule has 0 aliphatic carbocycles. The van der Waals surface area contributed by atoms with E-state index in [0.29, 0.717) is 16.6 Å². The largest absolute Gasteiger partial charge is 0.507 e. The maximum atomic E-state index is 10.6. The second kappa shape index (κ2) is 10.2. The van der Waals surface area contributed by atoms with Crippen LogP contribution < -0.4 is 0 Å². The van der Waals surface area contributed by atoms with Gasteiger partial charge in [0.25, 0.3) is 0 Å². The van der Waals surface area contributed by atoms with Crippen molar-refractivity contribution in [3.8, 4) is 5.75 Å². The molecule has 1 aromatic rings. The summed E-state index contributed by atoms with van der Waals surface area (Å²) in [6, 6.07) is 6.32. The number of unbranched alkanes of at least 4 members (excludes halogenated alkanes) is 3. The minimum atomic E-state index is 0.413. The van der Waals surface area contributed by atoms with E-state index in [9.17, 15) is 5.11 Å². The zero-order chi connectivity index (χ0) is 18.9. The molecule has 1 heteroatoms. The molecule has 0 spiro atoms. The normalized spacial score (nSPS) is 12.6. The minimum Gasteiger partial charge on any atom is -0.507 e. The number of phenolic OH excluding ortho intramolecular Hbond substituents is 1. The van der Waals surface area contributed by atoms with Crippen LogP contribution >= 0.6 is 0 Å². The predicted molar refractivity (Wildman–Crippen MR) is 111 cm³/mol. The second-order valence-corrected chi connectivity index (χ2v) is 9.77. The fourth-order valence-corrected chi connectivity index (χ4v) is 3.29. The quantitative estimate of drug-likeness (QED) is 0.407. The number of phenols is 1. The lowest BCUT2D eigenvalue weighted by Gasteiger charge is -2.22. The first-order chi connectivity index (χ1) is 11.6. The van der Waals surface area contributed by atoms with Crippen molar-refractivity contribution in [2.75, 3.05) is 0 Å². The SMILES string of the molecule is CCC(C)(C)CCCCCc1cccc(CCCCC(C)(C)C)c1O. The molecule has 0 saturated carbocycles. The van der Waals surface area contributed by atoms with Gasteiger partial charge in [-0.05, 0) is 60.5 Å². The molecule has 0 atom stereocenters. The molecule has 0 heterocycles. The Labute approximate surface area is 157 Å². The van der Waals surface area contributed by atoms with Crippen LogP contribution in [0.2, 0.25) is 0 Å². The van der Waals surface area contributed by atoms with Crippen molar-refractivity contribution >= 4 is 0 Å². The van der Waals surface area contributed by atoms with Gasteiger partial charge in [-0.15, -0.1) is 0 Å². The summed E-state index contributed by atoms with van der Waals surface area (Å²) in [5.74, 6) is 0.562. The summed E-state index contributed by atoms with van der Waals surface area (Å²) in [7, 11) is 0. The smallest absolute Gasteiger partial charge is 0.121 e. The Morgan fingerprint density at radius 3 is 1.80 bits per heavy atom. The molecule has 0 fully saturated rings. The monoisotopic (exact) mass is 346 g/mol. The van der Waals surface area contributed by atoms with Crippen molar-refractivity contribution < 1.29 is 5.11 Å². The van der Waals surface area contributed by atoms with E-state index in [1.165, 1.54) is 51.4 Å². The number of rotatable bonds is 11. The van der Waals surface area contributed by atoms with Crippen LogP contribution in [0, 0.1) is 10.8 Å². The van der Waals surface area contributed by atoms with Gasteiger partial charge >= 0.3 is 0 Å². The van der Waals surface area contributed by atoms with Gasteiger partial charge in [0.05, 0.1) is 0 Å². The van der Waals surface area contributed by atoms with E-state index in [4.69, 9.17) is 0 Å². The zero-order valence-corrected chi connectivity index (χ0v) is 17.8. The fraction of sp³-hybridized carbons (Fsp3) is 0.750. The highest BCUT2D eigenvalue weighted by Crippen LogP contribution is 2.29. The molecular weight excluding hydrogens is 304 g/mol. The molecule has 0 aliphatic heterocycles. The Morgan fingerprint density at radius 1 is 0.760 bits per heavy atom. The number of hydrogen-bond acceptors (Lipinski definition) is 1. The summed E-state index contributed by atoms with van der Waals surface area (Å²) < 4.78 is 0. The standard InChI is InChI=1S/C24H42O/c1-7-24(5,6)19-11-8-9-14-20-16-13-17-21(22(20)25)15-10-12-18-23(2,3)4/h13,16-17,25H,7-12,14-15,18-19H2,1-6H3. The first-order valence-electron chi connectivity index (χ1n) is 10.4. The van der Waals surface area contributed by atoms with E-state index < -0.39 is 0 Å². The predicted octanol–water partition coefficient (Wildman–Crippen LogP) is 7.69. The van der Waals surface area contributed by atoms with Crippen LogP contribution in [-0.2, 0) is 12.8 Å². The molecule has 0 saturated heterocycles. The van der Waals surface area contributed by atoms with Gasteiger partial charge in [-0.1, -0.05) is 85.4 Å². The van der Waals surface area contributed by atoms with Gasteiger partial charge in [0.1, 0.15) is 5.75 Å². The van der Waals surface area contributed by atoms with E-state index in [0.717, 1.165) is 24.0 Å². The number of hydrogen-bond donors (Lipinski definition) is 1. The maximum Gasteiger partial charge on any atom is 0.121 e. The van der Waals surface area contributed by atoms with E-state index in [1.54, 1.807) is 0 Å². The van der Waals surface area contributed by atoms with Gasteiger partial charge in [-0.3, -0.25) is 0 Å². The highest BCUT2D eigenvalue weighted by Gasteiger charge is 2.14. The molecule has 0 unspecified atom stereocenters. The van der Waals surface area contributed by atoms with Gasteiger partial charge in [0.2, 0.25) is 0 Å².